The third-order valence-corrected chi connectivity index (χ3v) is 2.14. The summed E-state index contributed by atoms with van der Waals surface area (Å²) in [4.78, 5) is 13.9. The van der Waals surface area contributed by atoms with Gasteiger partial charge in [0.1, 0.15) is 6.17 Å². The van der Waals surface area contributed by atoms with Crippen molar-refractivity contribution >= 4 is 12.1 Å². The monoisotopic (exact) mass is 251 g/mol. The Kier molecular flexibility index (Phi) is 9.14. The second kappa shape index (κ2) is 10.2. The van der Waals surface area contributed by atoms with Crippen LogP contribution in [0.3, 0.4) is 0 Å². The van der Waals surface area contributed by atoms with Crippen molar-refractivity contribution in [2.75, 3.05) is 18.4 Å². The van der Waals surface area contributed by atoms with Crippen LogP contribution in [0.1, 0.15) is 12.1 Å². The van der Waals surface area contributed by atoms with Crippen LogP contribution in [0.5, 0.6) is 0 Å². The summed E-state index contributed by atoms with van der Waals surface area (Å²) >= 11 is 0. The molecule has 1 aliphatic heterocycles. The van der Waals surface area contributed by atoms with Crippen LogP contribution in [-0.2, 0) is 4.79 Å². The molecule has 0 radical (unpaired) electrons. The van der Waals surface area contributed by atoms with Crippen molar-refractivity contribution in [2.24, 2.45) is 0 Å². The first kappa shape index (κ1) is 16.1. The lowest BCUT2D eigenvalue weighted by Crippen LogP contribution is -2.08. The van der Waals surface area contributed by atoms with E-state index in [0.29, 0.717) is 19.4 Å². The number of aromatic nitrogens is 1. The Morgan fingerprint density at radius 3 is 2.61 bits per heavy atom. The molecule has 1 aromatic rings. The van der Waals surface area contributed by atoms with E-state index in [1.54, 1.807) is 12.3 Å². The molecule has 18 heavy (non-hydrogen) atoms. The molecule has 1 amide bonds. The van der Waals surface area contributed by atoms with Gasteiger partial charge in [0.25, 0.3) is 0 Å². The SMILES string of the molecule is C#C.Cc1ccc(NC=O)cn1.F[C@@H]1CCNC1. The number of nitrogens with one attached hydrogen (secondary N) is 2. The van der Waals surface area contributed by atoms with E-state index in [-0.39, 0.29) is 0 Å². The molecule has 2 rings (SSSR count). The highest BCUT2D eigenvalue weighted by Crippen LogP contribution is 2.02. The zero-order valence-corrected chi connectivity index (χ0v) is 10.4. The number of alkyl halides is 1. The van der Waals surface area contributed by atoms with Gasteiger partial charge in [-0.1, -0.05) is 0 Å². The molecule has 0 aliphatic carbocycles. The quantitative estimate of drug-likeness (QED) is 0.619. The van der Waals surface area contributed by atoms with E-state index in [2.05, 4.69) is 28.5 Å². The summed E-state index contributed by atoms with van der Waals surface area (Å²) in [5.41, 5.74) is 1.66. The molecule has 1 aliphatic rings. The number of aryl methyl sites for hydroxylation is 1. The minimum absolute atomic E-state index is 0.565. The van der Waals surface area contributed by atoms with Gasteiger partial charge in [0.05, 0.1) is 11.9 Å². The summed E-state index contributed by atoms with van der Waals surface area (Å²) in [6, 6.07) is 3.64. The Hall–Kier alpha value is -1.93. The maximum Gasteiger partial charge on any atom is 0.211 e. The van der Waals surface area contributed by atoms with Crippen LogP contribution in [-0.4, -0.2) is 30.7 Å². The van der Waals surface area contributed by atoms with Gasteiger partial charge in [0, 0.05) is 12.2 Å². The normalized spacial score (nSPS) is 16.6. The zero-order chi connectivity index (χ0) is 13.8. The second-order valence-electron chi connectivity index (χ2n) is 3.54. The van der Waals surface area contributed by atoms with Gasteiger partial charge in [-0.05, 0) is 32.0 Å². The number of rotatable bonds is 2. The highest BCUT2D eigenvalue weighted by Gasteiger charge is 2.10. The average molecular weight is 251 g/mol. The van der Waals surface area contributed by atoms with Gasteiger partial charge in [-0.25, -0.2) is 4.39 Å². The number of terminal acetylenes is 1. The van der Waals surface area contributed by atoms with Gasteiger partial charge in [-0.2, -0.15) is 0 Å². The van der Waals surface area contributed by atoms with E-state index >= 15 is 0 Å². The van der Waals surface area contributed by atoms with Crippen molar-refractivity contribution in [3.05, 3.63) is 24.0 Å². The lowest BCUT2D eigenvalue weighted by atomic mass is 10.3. The molecule has 0 spiro atoms. The van der Waals surface area contributed by atoms with Crippen molar-refractivity contribution in [2.45, 2.75) is 19.5 Å². The fraction of sp³-hybridized carbons (Fsp3) is 0.385. The molecule has 5 heteroatoms. The molecule has 2 N–H and O–H groups in total. The number of nitrogens with zero attached hydrogens (tertiary/aromatic N) is 1. The van der Waals surface area contributed by atoms with Crippen LogP contribution >= 0.6 is 0 Å². The number of amides is 1. The maximum absolute atomic E-state index is 11.9. The number of carbonyl (C=O) groups is 1. The minimum atomic E-state index is -0.565. The summed E-state index contributed by atoms with van der Waals surface area (Å²) < 4.78 is 11.9. The lowest BCUT2D eigenvalue weighted by molar-refractivity contribution is -0.105. The average Bonchev–Trinajstić information content (AvgIpc) is 2.87. The largest absolute Gasteiger partial charge is 0.327 e. The number of hydrogen-bond donors (Lipinski definition) is 2. The fourth-order valence-electron chi connectivity index (χ4n) is 1.24. The number of hydrogen-bond acceptors (Lipinski definition) is 3. The molecule has 0 bridgehead atoms. The van der Waals surface area contributed by atoms with Crippen LogP contribution in [0.25, 0.3) is 0 Å². The van der Waals surface area contributed by atoms with Crippen LogP contribution in [0.2, 0.25) is 0 Å². The first-order valence-electron chi connectivity index (χ1n) is 5.53. The third kappa shape index (κ3) is 7.36. The number of carbonyl (C=O) groups excluding carboxylic acids is 1. The number of anilines is 1. The number of halogens is 1. The van der Waals surface area contributed by atoms with Crippen LogP contribution in [0.15, 0.2) is 18.3 Å². The van der Waals surface area contributed by atoms with Gasteiger partial charge in [0.15, 0.2) is 0 Å². The summed E-state index contributed by atoms with van der Waals surface area (Å²) in [6.07, 6.45) is 10.4. The summed E-state index contributed by atoms with van der Waals surface area (Å²) in [5, 5.41) is 5.39. The molecule has 1 aromatic heterocycles. The van der Waals surface area contributed by atoms with Gasteiger partial charge < -0.3 is 10.6 Å². The molecule has 98 valence electrons. The number of pyridine rings is 1. The first-order chi connectivity index (χ1) is 8.72. The van der Waals surface area contributed by atoms with Crippen LogP contribution < -0.4 is 10.6 Å². The predicted molar refractivity (Wildman–Crippen MR) is 70.9 cm³/mol. The highest BCUT2D eigenvalue weighted by atomic mass is 19.1. The standard InChI is InChI=1S/C7H8N2O.C4H8FN.C2H2/c1-6-2-3-7(4-8-6)9-5-10;5-4-1-2-6-3-4;1-2/h2-5H,1H3,(H,9,10);4,6H,1-3H2;1-2H/t;4-;/m.1./s1. The molecule has 0 saturated carbocycles. The second-order valence-corrected chi connectivity index (χ2v) is 3.54. The summed E-state index contributed by atoms with van der Waals surface area (Å²) in [5.74, 6) is 0. The topological polar surface area (TPSA) is 54.0 Å². The predicted octanol–water partition coefficient (Wildman–Crippen LogP) is 1.53. The van der Waals surface area contributed by atoms with E-state index in [0.717, 1.165) is 17.9 Å². The Labute approximate surface area is 107 Å². The van der Waals surface area contributed by atoms with Crippen molar-refractivity contribution < 1.29 is 9.18 Å². The molecule has 4 nitrogen and oxygen atoms in total. The molecule has 1 fully saturated rings. The Balaban J connectivity index is 0.000000308. The maximum atomic E-state index is 11.9. The van der Waals surface area contributed by atoms with Crippen molar-refractivity contribution in [1.82, 2.24) is 10.3 Å². The lowest BCUT2D eigenvalue weighted by Gasteiger charge is -1.95. The van der Waals surface area contributed by atoms with Gasteiger partial charge in [-0.15, -0.1) is 12.8 Å². The molecule has 1 atom stereocenters. The van der Waals surface area contributed by atoms with Crippen molar-refractivity contribution in [3.63, 3.8) is 0 Å². The first-order valence-corrected chi connectivity index (χ1v) is 5.53. The highest BCUT2D eigenvalue weighted by molar-refractivity contribution is 5.70. The fourth-order valence-corrected chi connectivity index (χ4v) is 1.24. The Morgan fingerprint density at radius 2 is 2.28 bits per heavy atom. The minimum Gasteiger partial charge on any atom is -0.327 e. The Morgan fingerprint density at radius 1 is 1.56 bits per heavy atom. The zero-order valence-electron chi connectivity index (χ0n) is 10.4. The molecular formula is C13H18FN3O. The molecule has 0 unspecified atom stereocenters. The van der Waals surface area contributed by atoms with Crippen molar-refractivity contribution in [1.29, 1.82) is 0 Å². The summed E-state index contributed by atoms with van der Waals surface area (Å²) in [6.45, 7) is 3.33. The van der Waals surface area contributed by atoms with E-state index in [1.807, 2.05) is 13.0 Å². The van der Waals surface area contributed by atoms with Gasteiger partial charge in [-0.3, -0.25) is 9.78 Å². The van der Waals surface area contributed by atoms with E-state index in [4.69, 9.17) is 0 Å². The van der Waals surface area contributed by atoms with E-state index < -0.39 is 6.17 Å². The molecule has 2 heterocycles. The third-order valence-electron chi connectivity index (χ3n) is 2.14. The molecular weight excluding hydrogens is 233 g/mol. The smallest absolute Gasteiger partial charge is 0.211 e. The summed E-state index contributed by atoms with van der Waals surface area (Å²) in [7, 11) is 0. The van der Waals surface area contributed by atoms with Crippen molar-refractivity contribution in [3.8, 4) is 12.8 Å². The Bertz CT molecular complexity index is 345. The molecule has 0 aromatic carbocycles. The molecule has 1 saturated heterocycles. The van der Waals surface area contributed by atoms with E-state index in [1.165, 1.54) is 0 Å². The van der Waals surface area contributed by atoms with E-state index in [9.17, 15) is 9.18 Å². The van der Waals surface area contributed by atoms with Crippen LogP contribution in [0, 0.1) is 19.8 Å². The van der Waals surface area contributed by atoms with Crippen LogP contribution in [0.4, 0.5) is 10.1 Å². The van der Waals surface area contributed by atoms with Gasteiger partial charge in [0.2, 0.25) is 6.41 Å². The van der Waals surface area contributed by atoms with Gasteiger partial charge >= 0.3 is 0 Å².